The molecule has 0 saturated carbocycles. The fourth-order valence-electron chi connectivity index (χ4n) is 3.34. The summed E-state index contributed by atoms with van der Waals surface area (Å²) in [6.07, 6.45) is 2.39. The maximum Gasteiger partial charge on any atom is 0.0630 e. The standard InChI is InChI=1S/C19H31NO2/c1-4-22-18(14-17-8-6-5-7-9-17)15-19(16(2)3)20-10-12-21-13-11-20/h5-9,16,18-19H,4,10-15H2,1-3H3/t18-,19+/m1/s1. The van der Waals surface area contributed by atoms with Crippen LogP contribution in [-0.4, -0.2) is 50.0 Å². The second-order valence-corrected chi connectivity index (χ2v) is 6.46. The van der Waals surface area contributed by atoms with Gasteiger partial charge in [-0.25, -0.2) is 0 Å². The van der Waals surface area contributed by atoms with Gasteiger partial charge in [0.2, 0.25) is 0 Å². The van der Waals surface area contributed by atoms with E-state index >= 15 is 0 Å². The molecule has 2 rings (SSSR count). The Bertz CT molecular complexity index is 401. The van der Waals surface area contributed by atoms with Gasteiger partial charge in [0.25, 0.3) is 0 Å². The Hall–Kier alpha value is -0.900. The molecule has 0 aromatic heterocycles. The summed E-state index contributed by atoms with van der Waals surface area (Å²) < 4.78 is 11.6. The lowest BCUT2D eigenvalue weighted by Gasteiger charge is -2.38. The Balaban J connectivity index is 1.99. The highest BCUT2D eigenvalue weighted by Gasteiger charge is 2.27. The SMILES string of the molecule is CCO[C@H](Cc1ccccc1)C[C@@H](C(C)C)N1CCOCC1. The lowest BCUT2D eigenvalue weighted by Crippen LogP contribution is -2.47. The van der Waals surface area contributed by atoms with Crippen LogP contribution in [0.2, 0.25) is 0 Å². The van der Waals surface area contributed by atoms with Crippen molar-refractivity contribution in [3.05, 3.63) is 35.9 Å². The van der Waals surface area contributed by atoms with E-state index in [0.717, 1.165) is 45.8 Å². The van der Waals surface area contributed by atoms with Gasteiger partial charge in [-0.15, -0.1) is 0 Å². The second kappa shape index (κ2) is 9.29. The van der Waals surface area contributed by atoms with Gasteiger partial charge >= 0.3 is 0 Å². The zero-order chi connectivity index (χ0) is 15.8. The van der Waals surface area contributed by atoms with Crippen molar-refractivity contribution in [1.82, 2.24) is 4.90 Å². The fraction of sp³-hybridized carbons (Fsp3) is 0.684. The summed E-state index contributed by atoms with van der Waals surface area (Å²) in [4.78, 5) is 2.59. The normalized spacial score (nSPS) is 19.3. The Morgan fingerprint density at radius 3 is 2.41 bits per heavy atom. The number of rotatable bonds is 8. The predicted octanol–water partition coefficient (Wildman–Crippen LogP) is 3.38. The maximum absolute atomic E-state index is 6.06. The molecule has 1 aliphatic heterocycles. The summed E-state index contributed by atoms with van der Waals surface area (Å²) in [6, 6.07) is 11.3. The maximum atomic E-state index is 6.06. The molecule has 3 heteroatoms. The number of hydrogen-bond donors (Lipinski definition) is 0. The van der Waals surface area contributed by atoms with Crippen LogP contribution in [0.4, 0.5) is 0 Å². The zero-order valence-corrected chi connectivity index (χ0v) is 14.3. The molecule has 1 aromatic carbocycles. The van der Waals surface area contributed by atoms with Crippen LogP contribution in [0.15, 0.2) is 30.3 Å². The van der Waals surface area contributed by atoms with Crippen molar-refractivity contribution in [3.63, 3.8) is 0 Å². The van der Waals surface area contributed by atoms with E-state index in [1.165, 1.54) is 5.56 Å². The first-order valence-corrected chi connectivity index (χ1v) is 8.68. The van der Waals surface area contributed by atoms with Gasteiger partial charge in [-0.1, -0.05) is 44.2 Å². The zero-order valence-electron chi connectivity index (χ0n) is 14.3. The number of benzene rings is 1. The van der Waals surface area contributed by atoms with Gasteiger partial charge in [-0.2, -0.15) is 0 Å². The molecule has 1 saturated heterocycles. The third-order valence-electron chi connectivity index (χ3n) is 4.50. The van der Waals surface area contributed by atoms with Crippen molar-refractivity contribution in [2.24, 2.45) is 5.92 Å². The molecule has 0 unspecified atom stereocenters. The Kier molecular flexibility index (Phi) is 7.37. The molecule has 0 N–H and O–H groups in total. The van der Waals surface area contributed by atoms with Crippen LogP contribution in [0.1, 0.15) is 32.8 Å². The van der Waals surface area contributed by atoms with Gasteiger partial charge in [0.15, 0.2) is 0 Å². The average Bonchev–Trinajstić information content (AvgIpc) is 2.54. The largest absolute Gasteiger partial charge is 0.379 e. The minimum absolute atomic E-state index is 0.294. The van der Waals surface area contributed by atoms with Crippen molar-refractivity contribution in [2.75, 3.05) is 32.9 Å². The molecular weight excluding hydrogens is 274 g/mol. The van der Waals surface area contributed by atoms with Gasteiger partial charge in [0, 0.05) is 25.7 Å². The van der Waals surface area contributed by atoms with Gasteiger partial charge in [-0.3, -0.25) is 4.90 Å². The van der Waals surface area contributed by atoms with E-state index in [0.29, 0.717) is 18.1 Å². The molecule has 1 fully saturated rings. The number of nitrogens with zero attached hydrogens (tertiary/aromatic N) is 1. The third-order valence-corrected chi connectivity index (χ3v) is 4.50. The van der Waals surface area contributed by atoms with Gasteiger partial charge in [0.05, 0.1) is 19.3 Å². The summed E-state index contributed by atoms with van der Waals surface area (Å²) in [5, 5.41) is 0. The highest BCUT2D eigenvalue weighted by molar-refractivity contribution is 5.15. The van der Waals surface area contributed by atoms with E-state index in [4.69, 9.17) is 9.47 Å². The summed E-state index contributed by atoms with van der Waals surface area (Å²) in [7, 11) is 0. The first kappa shape index (κ1) is 17.5. The van der Waals surface area contributed by atoms with Crippen LogP contribution in [0.3, 0.4) is 0 Å². The molecular formula is C19H31NO2. The van der Waals surface area contributed by atoms with Crippen molar-refractivity contribution >= 4 is 0 Å². The van der Waals surface area contributed by atoms with E-state index in [2.05, 4.69) is 56.0 Å². The van der Waals surface area contributed by atoms with Crippen LogP contribution in [0.5, 0.6) is 0 Å². The Labute approximate surface area is 135 Å². The fourth-order valence-corrected chi connectivity index (χ4v) is 3.34. The van der Waals surface area contributed by atoms with Crippen molar-refractivity contribution in [1.29, 1.82) is 0 Å². The monoisotopic (exact) mass is 305 g/mol. The topological polar surface area (TPSA) is 21.7 Å². The van der Waals surface area contributed by atoms with Crippen LogP contribution >= 0.6 is 0 Å². The van der Waals surface area contributed by atoms with E-state index in [9.17, 15) is 0 Å². The molecule has 1 aromatic rings. The Morgan fingerprint density at radius 2 is 1.82 bits per heavy atom. The van der Waals surface area contributed by atoms with Crippen LogP contribution in [0.25, 0.3) is 0 Å². The quantitative estimate of drug-likeness (QED) is 0.735. The van der Waals surface area contributed by atoms with E-state index < -0.39 is 0 Å². The molecule has 1 aliphatic rings. The molecule has 0 bridgehead atoms. The first-order valence-electron chi connectivity index (χ1n) is 8.68. The molecule has 1 heterocycles. The Morgan fingerprint density at radius 1 is 1.14 bits per heavy atom. The highest BCUT2D eigenvalue weighted by atomic mass is 16.5. The number of morpholine rings is 1. The molecule has 0 radical (unpaired) electrons. The van der Waals surface area contributed by atoms with Crippen LogP contribution < -0.4 is 0 Å². The molecule has 2 atom stereocenters. The van der Waals surface area contributed by atoms with E-state index in [-0.39, 0.29) is 0 Å². The van der Waals surface area contributed by atoms with Crippen molar-refractivity contribution in [2.45, 2.75) is 45.8 Å². The summed E-state index contributed by atoms with van der Waals surface area (Å²) >= 11 is 0. The lowest BCUT2D eigenvalue weighted by molar-refractivity contribution is -0.0210. The number of ether oxygens (including phenoxy) is 2. The minimum atomic E-state index is 0.294. The van der Waals surface area contributed by atoms with E-state index in [1.54, 1.807) is 0 Å². The minimum Gasteiger partial charge on any atom is -0.379 e. The van der Waals surface area contributed by atoms with E-state index in [1.807, 2.05) is 0 Å². The molecule has 124 valence electrons. The van der Waals surface area contributed by atoms with Crippen LogP contribution in [-0.2, 0) is 15.9 Å². The van der Waals surface area contributed by atoms with Gasteiger partial charge < -0.3 is 9.47 Å². The molecule has 0 aliphatic carbocycles. The van der Waals surface area contributed by atoms with Crippen molar-refractivity contribution < 1.29 is 9.47 Å². The molecule has 0 amide bonds. The molecule has 22 heavy (non-hydrogen) atoms. The summed E-state index contributed by atoms with van der Waals surface area (Å²) in [5.41, 5.74) is 1.37. The van der Waals surface area contributed by atoms with Gasteiger partial charge in [-0.05, 0) is 31.2 Å². The molecule has 0 spiro atoms. The smallest absolute Gasteiger partial charge is 0.0630 e. The highest BCUT2D eigenvalue weighted by Crippen LogP contribution is 2.21. The third kappa shape index (κ3) is 5.38. The summed E-state index contributed by atoms with van der Waals surface area (Å²) in [6.45, 7) is 11.3. The van der Waals surface area contributed by atoms with Gasteiger partial charge in [0.1, 0.15) is 0 Å². The average molecular weight is 305 g/mol. The molecule has 3 nitrogen and oxygen atoms in total. The predicted molar refractivity (Wildman–Crippen MR) is 91.2 cm³/mol. The number of hydrogen-bond acceptors (Lipinski definition) is 3. The first-order chi connectivity index (χ1) is 10.7. The lowest BCUT2D eigenvalue weighted by atomic mass is 9.93. The summed E-state index contributed by atoms with van der Waals surface area (Å²) in [5.74, 6) is 0.636. The van der Waals surface area contributed by atoms with Crippen molar-refractivity contribution in [3.8, 4) is 0 Å². The van der Waals surface area contributed by atoms with Crippen LogP contribution in [0, 0.1) is 5.92 Å². The second-order valence-electron chi connectivity index (χ2n) is 6.46.